The van der Waals surface area contributed by atoms with Crippen molar-refractivity contribution in [2.75, 3.05) is 6.54 Å². The molecule has 1 aromatic heterocycles. The molecule has 0 fully saturated rings. The summed E-state index contributed by atoms with van der Waals surface area (Å²) in [5.74, 6) is 0.376. The maximum absolute atomic E-state index is 11.9. The molecule has 0 radical (unpaired) electrons. The van der Waals surface area contributed by atoms with Gasteiger partial charge >= 0.3 is 0 Å². The van der Waals surface area contributed by atoms with E-state index in [2.05, 4.69) is 19.2 Å². The minimum atomic E-state index is -0.0707. The smallest absolute Gasteiger partial charge is 0.255 e. The van der Waals surface area contributed by atoms with Gasteiger partial charge in [-0.15, -0.1) is 0 Å². The van der Waals surface area contributed by atoms with Crippen molar-refractivity contribution in [2.45, 2.75) is 13.8 Å². The van der Waals surface area contributed by atoms with Crippen LogP contribution in [0.1, 0.15) is 24.2 Å². The molecule has 3 nitrogen and oxygen atoms in total. The van der Waals surface area contributed by atoms with Crippen LogP contribution in [0.4, 0.5) is 0 Å². The third-order valence-corrected chi connectivity index (χ3v) is 2.40. The predicted molar refractivity (Wildman–Crippen MR) is 63.4 cm³/mol. The van der Waals surface area contributed by atoms with Crippen LogP contribution in [-0.4, -0.2) is 12.5 Å². The third-order valence-electron chi connectivity index (χ3n) is 2.40. The van der Waals surface area contributed by atoms with E-state index in [0.29, 0.717) is 18.0 Å². The molecule has 1 heterocycles. The summed E-state index contributed by atoms with van der Waals surface area (Å²) < 4.78 is 5.32. The second-order valence-electron chi connectivity index (χ2n) is 4.25. The monoisotopic (exact) mass is 217 g/mol. The van der Waals surface area contributed by atoms with Crippen molar-refractivity contribution in [1.82, 2.24) is 5.32 Å². The number of hydrogen-bond donors (Lipinski definition) is 1. The number of fused-ring (bicyclic) bond motifs is 1. The van der Waals surface area contributed by atoms with Crippen LogP contribution in [-0.2, 0) is 0 Å². The topological polar surface area (TPSA) is 42.2 Å². The maximum Gasteiger partial charge on any atom is 0.255 e. The Morgan fingerprint density at radius 2 is 2.12 bits per heavy atom. The molecule has 2 aromatic rings. The number of carbonyl (C=O) groups is 1. The minimum absolute atomic E-state index is 0.0707. The molecule has 0 aliphatic carbocycles. The largest absolute Gasteiger partial charge is 0.463 e. The van der Waals surface area contributed by atoms with Crippen LogP contribution in [0.2, 0.25) is 0 Å². The van der Waals surface area contributed by atoms with E-state index < -0.39 is 0 Å². The molecule has 3 heteroatoms. The molecule has 0 saturated heterocycles. The van der Waals surface area contributed by atoms with Crippen LogP contribution in [0, 0.1) is 5.92 Å². The standard InChI is InChI=1S/C13H15NO2/c1-9(2)7-14-13(15)11-8-16-12-6-4-3-5-10(11)12/h3-6,8-9H,7H2,1-2H3,(H,14,15). The highest BCUT2D eigenvalue weighted by Crippen LogP contribution is 2.20. The van der Waals surface area contributed by atoms with Crippen molar-refractivity contribution >= 4 is 16.9 Å². The number of carbonyl (C=O) groups excluding carboxylic acids is 1. The molecule has 0 bridgehead atoms. The summed E-state index contributed by atoms with van der Waals surface area (Å²) in [6.45, 7) is 4.81. The van der Waals surface area contributed by atoms with Crippen molar-refractivity contribution < 1.29 is 9.21 Å². The van der Waals surface area contributed by atoms with Crippen molar-refractivity contribution in [3.63, 3.8) is 0 Å². The average Bonchev–Trinajstić information content (AvgIpc) is 2.69. The number of rotatable bonds is 3. The molecular weight excluding hydrogens is 202 g/mol. The van der Waals surface area contributed by atoms with E-state index in [0.717, 1.165) is 11.0 Å². The summed E-state index contributed by atoms with van der Waals surface area (Å²) in [7, 11) is 0. The summed E-state index contributed by atoms with van der Waals surface area (Å²) in [6.07, 6.45) is 1.51. The SMILES string of the molecule is CC(C)CNC(=O)c1coc2ccccc12. The molecule has 16 heavy (non-hydrogen) atoms. The van der Waals surface area contributed by atoms with Crippen molar-refractivity contribution in [3.05, 3.63) is 36.1 Å². The molecule has 0 saturated carbocycles. The number of benzene rings is 1. The number of amides is 1. The highest BCUT2D eigenvalue weighted by molar-refractivity contribution is 6.05. The lowest BCUT2D eigenvalue weighted by molar-refractivity contribution is 0.0950. The zero-order chi connectivity index (χ0) is 11.5. The fourth-order valence-electron chi connectivity index (χ4n) is 1.55. The Labute approximate surface area is 94.4 Å². The Morgan fingerprint density at radius 3 is 2.88 bits per heavy atom. The molecule has 0 aliphatic heterocycles. The Morgan fingerprint density at radius 1 is 1.38 bits per heavy atom. The van der Waals surface area contributed by atoms with Gasteiger partial charge in [0.2, 0.25) is 0 Å². The molecule has 1 amide bonds. The molecular formula is C13H15NO2. The second kappa shape index (κ2) is 4.39. The number of para-hydroxylation sites is 1. The molecule has 84 valence electrons. The van der Waals surface area contributed by atoms with Gasteiger partial charge in [-0.2, -0.15) is 0 Å². The normalized spacial score (nSPS) is 10.9. The lowest BCUT2D eigenvalue weighted by Crippen LogP contribution is -2.27. The Bertz CT molecular complexity index is 499. The van der Waals surface area contributed by atoms with Gasteiger partial charge in [0.25, 0.3) is 5.91 Å². The Balaban J connectivity index is 2.23. The zero-order valence-electron chi connectivity index (χ0n) is 9.49. The fourth-order valence-corrected chi connectivity index (χ4v) is 1.55. The quantitative estimate of drug-likeness (QED) is 0.859. The maximum atomic E-state index is 11.9. The van der Waals surface area contributed by atoms with Crippen LogP contribution >= 0.6 is 0 Å². The number of nitrogens with one attached hydrogen (secondary N) is 1. The summed E-state index contributed by atoms with van der Waals surface area (Å²) in [5.41, 5.74) is 1.36. The van der Waals surface area contributed by atoms with Crippen LogP contribution in [0.5, 0.6) is 0 Å². The molecule has 1 N–H and O–H groups in total. The van der Waals surface area contributed by atoms with Crippen LogP contribution in [0.3, 0.4) is 0 Å². The number of hydrogen-bond acceptors (Lipinski definition) is 2. The van der Waals surface area contributed by atoms with Crippen molar-refractivity contribution in [3.8, 4) is 0 Å². The summed E-state index contributed by atoms with van der Waals surface area (Å²) in [5, 5.41) is 3.74. The first-order valence-corrected chi connectivity index (χ1v) is 5.43. The van der Waals surface area contributed by atoms with E-state index in [1.165, 1.54) is 6.26 Å². The van der Waals surface area contributed by atoms with E-state index in [-0.39, 0.29) is 5.91 Å². The van der Waals surface area contributed by atoms with Crippen molar-refractivity contribution in [2.24, 2.45) is 5.92 Å². The zero-order valence-corrected chi connectivity index (χ0v) is 9.49. The molecule has 0 unspecified atom stereocenters. The van der Waals surface area contributed by atoms with Gasteiger partial charge in [-0.3, -0.25) is 4.79 Å². The molecule has 0 atom stereocenters. The van der Waals surface area contributed by atoms with E-state index >= 15 is 0 Å². The third kappa shape index (κ3) is 2.08. The van der Waals surface area contributed by atoms with Crippen LogP contribution < -0.4 is 5.32 Å². The first-order valence-electron chi connectivity index (χ1n) is 5.43. The molecule has 1 aromatic carbocycles. The van der Waals surface area contributed by atoms with E-state index in [1.54, 1.807) is 0 Å². The van der Waals surface area contributed by atoms with Crippen molar-refractivity contribution in [1.29, 1.82) is 0 Å². The molecule has 0 spiro atoms. The predicted octanol–water partition coefficient (Wildman–Crippen LogP) is 2.82. The summed E-state index contributed by atoms with van der Waals surface area (Å²) >= 11 is 0. The Hall–Kier alpha value is -1.77. The van der Waals surface area contributed by atoms with Gasteiger partial charge in [0.15, 0.2) is 0 Å². The minimum Gasteiger partial charge on any atom is -0.463 e. The fraction of sp³-hybridized carbons (Fsp3) is 0.308. The van der Waals surface area contributed by atoms with Gasteiger partial charge in [-0.25, -0.2) is 0 Å². The first kappa shape index (κ1) is 10.7. The lowest BCUT2D eigenvalue weighted by atomic mass is 10.1. The lowest BCUT2D eigenvalue weighted by Gasteiger charge is -2.05. The second-order valence-corrected chi connectivity index (χ2v) is 4.25. The van der Waals surface area contributed by atoms with Gasteiger partial charge in [-0.1, -0.05) is 32.0 Å². The first-order chi connectivity index (χ1) is 7.68. The summed E-state index contributed by atoms with van der Waals surface area (Å²) in [6, 6.07) is 7.54. The van der Waals surface area contributed by atoms with Crippen LogP contribution in [0.15, 0.2) is 34.9 Å². The van der Waals surface area contributed by atoms with Gasteiger partial charge in [0.1, 0.15) is 11.8 Å². The Kier molecular flexibility index (Phi) is 2.95. The molecule has 2 rings (SSSR count). The summed E-state index contributed by atoms with van der Waals surface area (Å²) in [4.78, 5) is 11.9. The van der Waals surface area contributed by atoms with E-state index in [4.69, 9.17) is 4.42 Å². The highest BCUT2D eigenvalue weighted by Gasteiger charge is 2.12. The highest BCUT2D eigenvalue weighted by atomic mass is 16.3. The van der Waals surface area contributed by atoms with Gasteiger partial charge < -0.3 is 9.73 Å². The van der Waals surface area contributed by atoms with Gasteiger partial charge in [0, 0.05) is 11.9 Å². The van der Waals surface area contributed by atoms with E-state index in [9.17, 15) is 4.79 Å². The van der Waals surface area contributed by atoms with Gasteiger partial charge in [-0.05, 0) is 12.0 Å². The molecule has 0 aliphatic rings. The number of furan rings is 1. The van der Waals surface area contributed by atoms with E-state index in [1.807, 2.05) is 24.3 Å². The average molecular weight is 217 g/mol. The van der Waals surface area contributed by atoms with Crippen LogP contribution in [0.25, 0.3) is 11.0 Å². The van der Waals surface area contributed by atoms with Gasteiger partial charge in [0.05, 0.1) is 5.56 Å².